The molecule has 0 aliphatic heterocycles. The first-order valence-corrected chi connectivity index (χ1v) is 5.58. The Balaban J connectivity index is 2.34. The number of hydrogen-bond acceptors (Lipinski definition) is 4. The van der Waals surface area contributed by atoms with Crippen LogP contribution < -0.4 is 0 Å². The highest BCUT2D eigenvalue weighted by Gasteiger charge is 2.19. The fraction of sp³-hybridized carbons (Fsp3) is 0.0909. The molecule has 6 heteroatoms. The molecular weight excluding hydrogens is 245 g/mol. The lowest BCUT2D eigenvalue weighted by Gasteiger charge is -2.08. The van der Waals surface area contributed by atoms with Crippen molar-refractivity contribution < 1.29 is 19.4 Å². The molecule has 1 unspecified atom stereocenters. The van der Waals surface area contributed by atoms with Crippen LogP contribution in [0.1, 0.15) is 27.2 Å². The Kier molecular flexibility index (Phi) is 3.16. The van der Waals surface area contributed by atoms with Crippen LogP contribution in [0.4, 0.5) is 4.39 Å². The molecule has 0 spiro atoms. The van der Waals surface area contributed by atoms with E-state index in [2.05, 4.69) is 4.98 Å². The molecule has 1 aromatic heterocycles. The molecule has 0 saturated heterocycles. The first kappa shape index (κ1) is 11.7. The number of carboxylic acid groups (broad SMARTS) is 1. The Labute approximate surface area is 100.0 Å². The molecule has 4 nitrogen and oxygen atoms in total. The van der Waals surface area contributed by atoms with Gasteiger partial charge in [0.15, 0.2) is 5.69 Å². The van der Waals surface area contributed by atoms with Gasteiger partial charge in [0.2, 0.25) is 0 Å². The van der Waals surface area contributed by atoms with Gasteiger partial charge in [-0.3, -0.25) is 0 Å². The van der Waals surface area contributed by atoms with Crippen molar-refractivity contribution >= 4 is 17.3 Å². The Bertz CT molecular complexity index is 555. The number of aliphatic hydroxyl groups excluding tert-OH is 1. The summed E-state index contributed by atoms with van der Waals surface area (Å²) in [6.45, 7) is 0. The average molecular weight is 253 g/mol. The maximum absolute atomic E-state index is 13.4. The molecule has 0 bridgehead atoms. The van der Waals surface area contributed by atoms with Crippen LogP contribution >= 0.6 is 11.3 Å². The largest absolute Gasteiger partial charge is 0.476 e. The number of aliphatic hydroxyl groups is 1. The number of carbonyl (C=O) groups is 1. The van der Waals surface area contributed by atoms with Crippen molar-refractivity contribution in [1.29, 1.82) is 0 Å². The first-order valence-electron chi connectivity index (χ1n) is 4.71. The van der Waals surface area contributed by atoms with E-state index in [9.17, 15) is 14.3 Å². The number of hydrogen-bond donors (Lipinski definition) is 2. The van der Waals surface area contributed by atoms with E-state index >= 15 is 0 Å². The minimum Gasteiger partial charge on any atom is -0.476 e. The van der Waals surface area contributed by atoms with E-state index in [4.69, 9.17) is 5.11 Å². The lowest BCUT2D eigenvalue weighted by Crippen LogP contribution is -2.03. The molecule has 0 fully saturated rings. The maximum atomic E-state index is 13.4. The summed E-state index contributed by atoms with van der Waals surface area (Å²) in [5, 5.41) is 20.0. The third-order valence-electron chi connectivity index (χ3n) is 2.17. The molecule has 2 rings (SSSR count). The third-order valence-corrected chi connectivity index (χ3v) is 3.07. The molecule has 0 radical (unpaired) electrons. The van der Waals surface area contributed by atoms with Gasteiger partial charge in [0.05, 0.1) is 0 Å². The van der Waals surface area contributed by atoms with Crippen molar-refractivity contribution in [1.82, 2.24) is 4.98 Å². The molecule has 0 aliphatic rings. The number of carboxylic acids is 1. The molecule has 0 amide bonds. The SMILES string of the molecule is O=C(O)c1csc(C(O)c2ccccc2F)n1. The lowest BCUT2D eigenvalue weighted by atomic mass is 10.1. The van der Waals surface area contributed by atoms with Crippen molar-refractivity contribution in [2.75, 3.05) is 0 Å². The summed E-state index contributed by atoms with van der Waals surface area (Å²) in [7, 11) is 0. The lowest BCUT2D eigenvalue weighted by molar-refractivity contribution is 0.0691. The van der Waals surface area contributed by atoms with E-state index in [1.54, 1.807) is 6.07 Å². The van der Waals surface area contributed by atoms with Crippen LogP contribution in [0.25, 0.3) is 0 Å². The number of benzene rings is 1. The second-order valence-electron chi connectivity index (χ2n) is 3.30. The van der Waals surface area contributed by atoms with E-state index in [0.29, 0.717) is 0 Å². The monoisotopic (exact) mass is 253 g/mol. The van der Waals surface area contributed by atoms with Gasteiger partial charge in [-0.1, -0.05) is 18.2 Å². The second-order valence-corrected chi connectivity index (χ2v) is 4.19. The summed E-state index contributed by atoms with van der Waals surface area (Å²) in [6.07, 6.45) is -1.24. The van der Waals surface area contributed by atoms with Crippen LogP contribution in [-0.4, -0.2) is 21.2 Å². The van der Waals surface area contributed by atoms with Crippen LogP contribution in [0.15, 0.2) is 29.6 Å². The standard InChI is InChI=1S/C11H8FNO3S/c12-7-4-2-1-3-6(7)9(14)10-13-8(5-17-10)11(15)16/h1-5,9,14H,(H,15,16). The number of halogens is 1. The van der Waals surface area contributed by atoms with Crippen molar-refractivity contribution in [3.63, 3.8) is 0 Å². The number of nitrogens with zero attached hydrogens (tertiary/aromatic N) is 1. The summed E-state index contributed by atoms with van der Waals surface area (Å²) in [5.41, 5.74) is -0.0702. The zero-order valence-electron chi connectivity index (χ0n) is 8.50. The van der Waals surface area contributed by atoms with E-state index in [0.717, 1.165) is 11.3 Å². The van der Waals surface area contributed by atoms with Gasteiger partial charge in [-0.15, -0.1) is 11.3 Å². The molecule has 17 heavy (non-hydrogen) atoms. The maximum Gasteiger partial charge on any atom is 0.355 e. The highest BCUT2D eigenvalue weighted by Crippen LogP contribution is 2.26. The van der Waals surface area contributed by atoms with Crippen molar-refractivity contribution in [2.45, 2.75) is 6.10 Å². The van der Waals surface area contributed by atoms with Gasteiger partial charge >= 0.3 is 5.97 Å². The number of aromatic nitrogens is 1. The van der Waals surface area contributed by atoms with Crippen LogP contribution in [0.3, 0.4) is 0 Å². The summed E-state index contributed by atoms with van der Waals surface area (Å²) in [6, 6.07) is 5.76. The third kappa shape index (κ3) is 2.32. The summed E-state index contributed by atoms with van der Waals surface area (Å²) >= 11 is 0.981. The minimum atomic E-state index is -1.24. The van der Waals surface area contributed by atoms with Gasteiger partial charge in [-0.25, -0.2) is 14.2 Å². The van der Waals surface area contributed by atoms with E-state index < -0.39 is 17.9 Å². The Hall–Kier alpha value is -1.79. The van der Waals surface area contributed by atoms with Gasteiger partial charge < -0.3 is 10.2 Å². The molecule has 2 N–H and O–H groups in total. The number of aromatic carboxylic acids is 1. The van der Waals surface area contributed by atoms with Gasteiger partial charge in [-0.05, 0) is 6.07 Å². The second kappa shape index (κ2) is 4.60. The molecule has 0 saturated carbocycles. The topological polar surface area (TPSA) is 70.4 Å². The zero-order valence-corrected chi connectivity index (χ0v) is 9.32. The molecule has 1 atom stereocenters. The van der Waals surface area contributed by atoms with Gasteiger partial charge in [0.25, 0.3) is 0 Å². The smallest absolute Gasteiger partial charge is 0.355 e. The highest BCUT2D eigenvalue weighted by molar-refractivity contribution is 7.09. The van der Waals surface area contributed by atoms with Gasteiger partial charge in [0, 0.05) is 10.9 Å². The first-order chi connectivity index (χ1) is 8.09. The Morgan fingerprint density at radius 1 is 1.41 bits per heavy atom. The Morgan fingerprint density at radius 3 is 2.71 bits per heavy atom. The van der Waals surface area contributed by atoms with Gasteiger partial charge in [-0.2, -0.15) is 0 Å². The molecular formula is C11H8FNO3S. The van der Waals surface area contributed by atoms with Crippen LogP contribution in [0, 0.1) is 5.82 Å². The predicted octanol–water partition coefficient (Wildman–Crippen LogP) is 2.06. The summed E-state index contributed by atoms with van der Waals surface area (Å²) in [5.74, 6) is -1.72. The molecule has 1 aromatic carbocycles. The highest BCUT2D eigenvalue weighted by atomic mass is 32.1. The summed E-state index contributed by atoms with van der Waals surface area (Å²) < 4.78 is 13.4. The fourth-order valence-corrected chi connectivity index (χ4v) is 2.13. The zero-order chi connectivity index (χ0) is 12.4. The van der Waals surface area contributed by atoms with E-state index in [1.165, 1.54) is 23.6 Å². The molecule has 88 valence electrons. The van der Waals surface area contributed by atoms with Crippen molar-refractivity contribution in [3.05, 3.63) is 51.7 Å². The number of thiazole rings is 1. The quantitative estimate of drug-likeness (QED) is 0.878. The molecule has 1 heterocycles. The Morgan fingerprint density at radius 2 is 2.12 bits per heavy atom. The predicted molar refractivity (Wildman–Crippen MR) is 59.5 cm³/mol. The van der Waals surface area contributed by atoms with Gasteiger partial charge in [0.1, 0.15) is 16.9 Å². The van der Waals surface area contributed by atoms with E-state index in [1.807, 2.05) is 0 Å². The van der Waals surface area contributed by atoms with Crippen molar-refractivity contribution in [2.24, 2.45) is 0 Å². The normalized spacial score (nSPS) is 12.4. The van der Waals surface area contributed by atoms with Crippen LogP contribution in [-0.2, 0) is 0 Å². The fourth-order valence-electron chi connectivity index (χ4n) is 1.34. The number of rotatable bonds is 3. The van der Waals surface area contributed by atoms with E-state index in [-0.39, 0.29) is 16.3 Å². The van der Waals surface area contributed by atoms with Crippen molar-refractivity contribution in [3.8, 4) is 0 Å². The van der Waals surface area contributed by atoms with Crippen LogP contribution in [0.2, 0.25) is 0 Å². The molecule has 2 aromatic rings. The summed E-state index contributed by atoms with van der Waals surface area (Å²) in [4.78, 5) is 14.4. The average Bonchev–Trinajstić information content (AvgIpc) is 2.78. The van der Waals surface area contributed by atoms with Crippen LogP contribution in [0.5, 0.6) is 0 Å². The minimum absolute atomic E-state index is 0.0822. The molecule has 0 aliphatic carbocycles.